The number of hydrogen-bond donors (Lipinski definition) is 2. The molecule has 2 aromatic rings. The van der Waals surface area contributed by atoms with Crippen LogP contribution in [0.15, 0.2) is 42.6 Å². The van der Waals surface area contributed by atoms with Crippen molar-refractivity contribution < 1.29 is 9.90 Å². The third-order valence-electron chi connectivity index (χ3n) is 3.60. The molecule has 0 fully saturated rings. The zero-order valence-corrected chi connectivity index (χ0v) is 13.1. The van der Waals surface area contributed by atoms with Gasteiger partial charge in [-0.25, -0.2) is 4.68 Å². The summed E-state index contributed by atoms with van der Waals surface area (Å²) >= 11 is 0. The van der Waals surface area contributed by atoms with E-state index in [2.05, 4.69) is 22.5 Å². The molecule has 0 spiro atoms. The summed E-state index contributed by atoms with van der Waals surface area (Å²) in [4.78, 5) is 11.9. The predicted molar refractivity (Wildman–Crippen MR) is 86.5 cm³/mol. The van der Waals surface area contributed by atoms with E-state index in [1.807, 2.05) is 32.0 Å². The van der Waals surface area contributed by atoms with E-state index in [9.17, 15) is 9.90 Å². The zero-order chi connectivity index (χ0) is 15.9. The molecule has 0 aliphatic rings. The molecule has 2 rings (SSSR count). The number of hydrogen-bond acceptors (Lipinski definition) is 3. The molecule has 0 bridgehead atoms. The van der Waals surface area contributed by atoms with Gasteiger partial charge in [-0.15, -0.1) is 0 Å². The molecule has 0 saturated heterocycles. The van der Waals surface area contributed by atoms with Crippen molar-refractivity contribution in [3.8, 4) is 0 Å². The van der Waals surface area contributed by atoms with Crippen molar-refractivity contribution in [2.24, 2.45) is 5.92 Å². The molecule has 1 heterocycles. The second kappa shape index (κ2) is 7.75. The lowest BCUT2D eigenvalue weighted by atomic mass is 10.0. The van der Waals surface area contributed by atoms with Crippen molar-refractivity contribution in [3.05, 3.63) is 48.2 Å². The van der Waals surface area contributed by atoms with Crippen LogP contribution in [-0.2, 0) is 17.8 Å². The van der Waals surface area contributed by atoms with E-state index in [-0.39, 0.29) is 18.2 Å². The highest BCUT2D eigenvalue weighted by atomic mass is 16.3. The molecule has 118 valence electrons. The molecule has 5 heteroatoms. The van der Waals surface area contributed by atoms with E-state index >= 15 is 0 Å². The van der Waals surface area contributed by atoms with Crippen LogP contribution < -0.4 is 5.32 Å². The first kappa shape index (κ1) is 16.2. The van der Waals surface area contributed by atoms with Crippen molar-refractivity contribution in [2.45, 2.75) is 39.3 Å². The van der Waals surface area contributed by atoms with Gasteiger partial charge in [-0.1, -0.05) is 44.2 Å². The van der Waals surface area contributed by atoms with Gasteiger partial charge in [0.25, 0.3) is 0 Å². The maximum absolute atomic E-state index is 11.9. The summed E-state index contributed by atoms with van der Waals surface area (Å²) in [6, 6.07) is 11.9. The van der Waals surface area contributed by atoms with Crippen molar-refractivity contribution in [3.63, 3.8) is 0 Å². The summed E-state index contributed by atoms with van der Waals surface area (Å²) in [6.45, 7) is 4.48. The van der Waals surface area contributed by atoms with E-state index in [4.69, 9.17) is 0 Å². The minimum Gasteiger partial charge on any atom is -0.392 e. The maximum atomic E-state index is 11.9. The lowest BCUT2D eigenvalue weighted by Crippen LogP contribution is -2.24. The minimum atomic E-state index is -0.624. The zero-order valence-electron chi connectivity index (χ0n) is 13.1. The highest BCUT2D eigenvalue weighted by Gasteiger charge is 2.15. The third kappa shape index (κ3) is 4.70. The van der Waals surface area contributed by atoms with Gasteiger partial charge in [-0.2, -0.15) is 5.10 Å². The summed E-state index contributed by atoms with van der Waals surface area (Å²) in [5.41, 5.74) is 1.23. The van der Waals surface area contributed by atoms with Gasteiger partial charge in [0, 0.05) is 12.6 Å². The second-order valence-electron chi connectivity index (χ2n) is 5.74. The fourth-order valence-electron chi connectivity index (χ4n) is 2.12. The van der Waals surface area contributed by atoms with Crippen LogP contribution in [0, 0.1) is 5.92 Å². The van der Waals surface area contributed by atoms with E-state index in [1.165, 1.54) is 5.56 Å². The standard InChI is InChI=1S/C17H23N3O2/c1-13(2)15(21)12-17(22)19-16-8-10-18-20(16)11-9-14-6-4-3-5-7-14/h3-8,10,13,15,21H,9,11-12H2,1-2H3,(H,19,22). The Morgan fingerprint density at radius 3 is 2.68 bits per heavy atom. The molecule has 5 nitrogen and oxygen atoms in total. The van der Waals surface area contributed by atoms with Crippen LogP contribution in [0.25, 0.3) is 0 Å². The topological polar surface area (TPSA) is 67.2 Å². The van der Waals surface area contributed by atoms with E-state index in [1.54, 1.807) is 16.9 Å². The molecule has 2 N–H and O–H groups in total. The van der Waals surface area contributed by atoms with Crippen molar-refractivity contribution in [1.29, 1.82) is 0 Å². The molecule has 1 atom stereocenters. The number of nitrogens with one attached hydrogen (secondary N) is 1. The number of carbonyl (C=O) groups excluding carboxylic acids is 1. The van der Waals surface area contributed by atoms with Gasteiger partial charge in [0.15, 0.2) is 0 Å². The van der Waals surface area contributed by atoms with Gasteiger partial charge in [-0.05, 0) is 17.9 Å². The van der Waals surface area contributed by atoms with Crippen LogP contribution in [0.2, 0.25) is 0 Å². The lowest BCUT2D eigenvalue weighted by molar-refractivity contribution is -0.118. The molecular weight excluding hydrogens is 278 g/mol. The Hall–Kier alpha value is -2.14. The fourth-order valence-corrected chi connectivity index (χ4v) is 2.12. The number of aryl methyl sites for hydroxylation is 2. The second-order valence-corrected chi connectivity index (χ2v) is 5.74. The van der Waals surface area contributed by atoms with Crippen LogP contribution in [0.4, 0.5) is 5.82 Å². The highest BCUT2D eigenvalue weighted by molar-refractivity contribution is 5.90. The molecule has 0 saturated carbocycles. The molecular formula is C17H23N3O2. The van der Waals surface area contributed by atoms with E-state index in [0.717, 1.165) is 6.42 Å². The van der Waals surface area contributed by atoms with Crippen molar-refractivity contribution in [1.82, 2.24) is 9.78 Å². The molecule has 0 aliphatic carbocycles. The van der Waals surface area contributed by atoms with Gasteiger partial charge >= 0.3 is 0 Å². The summed E-state index contributed by atoms with van der Waals surface area (Å²) < 4.78 is 1.77. The SMILES string of the molecule is CC(C)C(O)CC(=O)Nc1ccnn1CCc1ccccc1. The smallest absolute Gasteiger partial charge is 0.228 e. The van der Waals surface area contributed by atoms with Crippen LogP contribution >= 0.6 is 0 Å². The molecule has 22 heavy (non-hydrogen) atoms. The Bertz CT molecular complexity index is 593. The predicted octanol–water partition coefficient (Wildman–Crippen LogP) is 2.47. The Kier molecular flexibility index (Phi) is 5.72. The first-order valence-electron chi connectivity index (χ1n) is 7.60. The van der Waals surface area contributed by atoms with E-state index in [0.29, 0.717) is 12.4 Å². The average Bonchev–Trinajstić information content (AvgIpc) is 2.93. The molecule has 1 aromatic carbocycles. The van der Waals surface area contributed by atoms with Gasteiger partial charge in [0.05, 0.1) is 18.7 Å². The first-order valence-corrected chi connectivity index (χ1v) is 7.60. The number of aromatic nitrogens is 2. The number of aliphatic hydroxyl groups excluding tert-OH is 1. The molecule has 1 unspecified atom stereocenters. The quantitative estimate of drug-likeness (QED) is 0.825. The van der Waals surface area contributed by atoms with Crippen LogP contribution in [-0.4, -0.2) is 26.9 Å². The number of rotatable bonds is 7. The number of nitrogens with zero attached hydrogens (tertiary/aromatic N) is 2. The Morgan fingerprint density at radius 1 is 1.27 bits per heavy atom. The number of aliphatic hydroxyl groups is 1. The Morgan fingerprint density at radius 2 is 2.00 bits per heavy atom. The fraction of sp³-hybridized carbons (Fsp3) is 0.412. The molecule has 1 aromatic heterocycles. The summed E-state index contributed by atoms with van der Waals surface area (Å²) in [6.07, 6.45) is 1.99. The Balaban J connectivity index is 1.90. The first-order chi connectivity index (χ1) is 10.6. The number of benzene rings is 1. The normalized spacial score (nSPS) is 12.4. The minimum absolute atomic E-state index is 0.0636. The molecule has 0 radical (unpaired) electrons. The molecule has 1 amide bonds. The van der Waals surface area contributed by atoms with Gasteiger partial charge in [-0.3, -0.25) is 4.79 Å². The van der Waals surface area contributed by atoms with Gasteiger partial charge < -0.3 is 10.4 Å². The van der Waals surface area contributed by atoms with Crippen LogP contribution in [0.3, 0.4) is 0 Å². The summed E-state index contributed by atoms with van der Waals surface area (Å²) in [5.74, 6) is 0.535. The van der Waals surface area contributed by atoms with E-state index < -0.39 is 6.10 Å². The van der Waals surface area contributed by atoms with Crippen LogP contribution in [0.5, 0.6) is 0 Å². The summed E-state index contributed by atoms with van der Waals surface area (Å²) in [5, 5.41) is 16.8. The third-order valence-corrected chi connectivity index (χ3v) is 3.60. The van der Waals surface area contributed by atoms with Crippen molar-refractivity contribution >= 4 is 11.7 Å². The maximum Gasteiger partial charge on any atom is 0.228 e. The largest absolute Gasteiger partial charge is 0.392 e. The number of anilines is 1. The highest BCUT2D eigenvalue weighted by Crippen LogP contribution is 2.11. The number of carbonyl (C=O) groups is 1. The molecule has 0 aliphatic heterocycles. The lowest BCUT2D eigenvalue weighted by Gasteiger charge is -2.14. The van der Waals surface area contributed by atoms with Gasteiger partial charge in [0.1, 0.15) is 5.82 Å². The van der Waals surface area contributed by atoms with Crippen LogP contribution in [0.1, 0.15) is 25.8 Å². The van der Waals surface area contributed by atoms with Gasteiger partial charge in [0.2, 0.25) is 5.91 Å². The van der Waals surface area contributed by atoms with Crippen molar-refractivity contribution in [2.75, 3.05) is 5.32 Å². The summed E-state index contributed by atoms with van der Waals surface area (Å²) in [7, 11) is 0. The number of amides is 1. The Labute approximate surface area is 131 Å². The average molecular weight is 301 g/mol. The monoisotopic (exact) mass is 301 g/mol.